The largest absolute Gasteiger partial charge is 0.352 e. The third-order valence-electron chi connectivity index (χ3n) is 4.73. The maximum atomic E-state index is 12.3. The van der Waals surface area contributed by atoms with Crippen molar-refractivity contribution in [2.24, 2.45) is 13.0 Å². The van der Waals surface area contributed by atoms with E-state index in [1.807, 2.05) is 35.9 Å². The predicted molar refractivity (Wildman–Crippen MR) is 104 cm³/mol. The number of rotatable bonds is 5. The highest BCUT2D eigenvalue weighted by atomic mass is 79.9. The summed E-state index contributed by atoms with van der Waals surface area (Å²) in [5.41, 5.74) is 1.01. The van der Waals surface area contributed by atoms with Crippen LogP contribution in [0.25, 0.3) is 11.4 Å². The SMILES string of the molecule is C[C@@H]1CCCC[C@H]1NC(=O)CSc1nnc(-c2ccc(Br)cc2)n1C. The molecule has 0 bridgehead atoms. The summed E-state index contributed by atoms with van der Waals surface area (Å²) in [4.78, 5) is 12.3. The highest BCUT2D eigenvalue weighted by Gasteiger charge is 2.23. The zero-order chi connectivity index (χ0) is 17.8. The lowest BCUT2D eigenvalue weighted by Crippen LogP contribution is -2.41. The summed E-state index contributed by atoms with van der Waals surface area (Å²) in [6, 6.07) is 8.28. The maximum Gasteiger partial charge on any atom is 0.230 e. The lowest BCUT2D eigenvalue weighted by Gasteiger charge is -2.29. The zero-order valence-electron chi connectivity index (χ0n) is 14.5. The molecule has 1 amide bonds. The van der Waals surface area contributed by atoms with Crippen LogP contribution in [0, 0.1) is 5.92 Å². The second-order valence-electron chi connectivity index (χ2n) is 6.60. The number of benzene rings is 1. The first-order chi connectivity index (χ1) is 12.0. The lowest BCUT2D eigenvalue weighted by atomic mass is 9.86. The van der Waals surface area contributed by atoms with Crippen molar-refractivity contribution in [1.82, 2.24) is 20.1 Å². The molecule has 5 nitrogen and oxygen atoms in total. The summed E-state index contributed by atoms with van der Waals surface area (Å²) in [5, 5.41) is 12.4. The molecule has 134 valence electrons. The minimum absolute atomic E-state index is 0.0805. The second kappa shape index (κ2) is 8.36. The number of amides is 1. The Kier molecular flexibility index (Phi) is 6.17. The standard InChI is InChI=1S/C18H23BrN4OS/c1-12-5-3-4-6-15(12)20-16(24)11-25-18-22-21-17(23(18)2)13-7-9-14(19)10-8-13/h7-10,12,15H,3-6,11H2,1-2H3,(H,20,24)/t12-,15-/m1/s1. The van der Waals surface area contributed by atoms with Gasteiger partial charge >= 0.3 is 0 Å². The number of thioether (sulfide) groups is 1. The minimum atomic E-state index is 0.0805. The van der Waals surface area contributed by atoms with Crippen molar-refractivity contribution in [3.8, 4) is 11.4 Å². The summed E-state index contributed by atoms with van der Waals surface area (Å²) in [7, 11) is 1.93. The number of carbonyl (C=O) groups excluding carboxylic acids is 1. The van der Waals surface area contributed by atoms with E-state index in [9.17, 15) is 4.79 Å². The molecular weight excluding hydrogens is 400 g/mol. The molecule has 2 atom stereocenters. The number of hydrogen-bond donors (Lipinski definition) is 1. The molecule has 3 rings (SSSR count). The van der Waals surface area contributed by atoms with Crippen LogP contribution in [-0.4, -0.2) is 32.5 Å². The van der Waals surface area contributed by atoms with Gasteiger partial charge in [0.05, 0.1) is 5.75 Å². The average Bonchev–Trinajstić information content (AvgIpc) is 2.97. The molecule has 1 aromatic heterocycles. The van der Waals surface area contributed by atoms with E-state index in [4.69, 9.17) is 0 Å². The van der Waals surface area contributed by atoms with Crippen LogP contribution in [0.5, 0.6) is 0 Å². The van der Waals surface area contributed by atoms with Gasteiger partial charge in [0, 0.05) is 23.1 Å². The normalized spacial score (nSPS) is 20.4. The van der Waals surface area contributed by atoms with Crippen molar-refractivity contribution in [2.45, 2.75) is 43.8 Å². The van der Waals surface area contributed by atoms with Crippen molar-refractivity contribution < 1.29 is 4.79 Å². The summed E-state index contributed by atoms with van der Waals surface area (Å²) in [6.45, 7) is 2.23. The van der Waals surface area contributed by atoms with Crippen LogP contribution in [-0.2, 0) is 11.8 Å². The van der Waals surface area contributed by atoms with Crippen LogP contribution in [0.15, 0.2) is 33.9 Å². The van der Waals surface area contributed by atoms with Crippen molar-refractivity contribution in [2.75, 3.05) is 5.75 Å². The number of halogens is 1. The number of hydrogen-bond acceptors (Lipinski definition) is 4. The first-order valence-electron chi connectivity index (χ1n) is 8.62. The van der Waals surface area contributed by atoms with E-state index in [-0.39, 0.29) is 5.91 Å². The second-order valence-corrected chi connectivity index (χ2v) is 8.45. The van der Waals surface area contributed by atoms with Crippen LogP contribution in [0.3, 0.4) is 0 Å². The van der Waals surface area contributed by atoms with Crippen molar-refractivity contribution in [3.63, 3.8) is 0 Å². The Balaban J connectivity index is 1.58. The number of carbonyl (C=O) groups is 1. The third kappa shape index (κ3) is 4.64. The Labute approximate surface area is 161 Å². The Morgan fingerprint density at radius 2 is 2.00 bits per heavy atom. The predicted octanol–water partition coefficient (Wildman–Crippen LogP) is 4.03. The Bertz CT molecular complexity index is 731. The van der Waals surface area contributed by atoms with E-state index in [0.29, 0.717) is 17.7 Å². The van der Waals surface area contributed by atoms with Crippen molar-refractivity contribution in [3.05, 3.63) is 28.7 Å². The molecule has 25 heavy (non-hydrogen) atoms. The molecule has 0 unspecified atom stereocenters. The highest BCUT2D eigenvalue weighted by molar-refractivity contribution is 9.10. The molecule has 1 N–H and O–H groups in total. The van der Waals surface area contributed by atoms with E-state index >= 15 is 0 Å². The maximum absolute atomic E-state index is 12.3. The molecule has 1 aliphatic carbocycles. The average molecular weight is 423 g/mol. The smallest absolute Gasteiger partial charge is 0.230 e. The number of nitrogens with zero attached hydrogens (tertiary/aromatic N) is 3. The first-order valence-corrected chi connectivity index (χ1v) is 10.4. The van der Waals surface area contributed by atoms with Crippen molar-refractivity contribution in [1.29, 1.82) is 0 Å². The fourth-order valence-corrected chi connectivity index (χ4v) is 4.19. The molecule has 0 spiro atoms. The van der Waals surface area contributed by atoms with Gasteiger partial charge < -0.3 is 9.88 Å². The Hall–Kier alpha value is -1.34. The summed E-state index contributed by atoms with van der Waals surface area (Å²) < 4.78 is 2.96. The topological polar surface area (TPSA) is 59.8 Å². The van der Waals surface area contributed by atoms with Gasteiger partial charge in [-0.2, -0.15) is 0 Å². The van der Waals surface area contributed by atoms with E-state index < -0.39 is 0 Å². The van der Waals surface area contributed by atoms with Crippen LogP contribution in [0.1, 0.15) is 32.6 Å². The monoisotopic (exact) mass is 422 g/mol. The summed E-state index contributed by atoms with van der Waals surface area (Å²) >= 11 is 4.87. The molecular formula is C18H23BrN4OS. The molecule has 1 aliphatic rings. The molecule has 0 radical (unpaired) electrons. The van der Waals surface area contributed by atoms with Gasteiger partial charge in [0.25, 0.3) is 0 Å². The van der Waals surface area contributed by atoms with Gasteiger partial charge in [0.1, 0.15) is 0 Å². The number of nitrogens with one attached hydrogen (secondary N) is 1. The van der Waals surface area contributed by atoms with Gasteiger partial charge in [-0.15, -0.1) is 10.2 Å². The van der Waals surface area contributed by atoms with Gasteiger partial charge in [-0.1, -0.05) is 59.6 Å². The Morgan fingerprint density at radius 1 is 1.28 bits per heavy atom. The molecule has 1 aromatic carbocycles. The van der Waals surface area contributed by atoms with Gasteiger partial charge in [-0.25, -0.2) is 0 Å². The van der Waals surface area contributed by atoms with Gasteiger partial charge in [-0.05, 0) is 30.9 Å². The quantitative estimate of drug-likeness (QED) is 0.738. The van der Waals surface area contributed by atoms with Crippen LogP contribution in [0.4, 0.5) is 0 Å². The molecule has 1 fully saturated rings. The van der Waals surface area contributed by atoms with Gasteiger partial charge in [-0.3, -0.25) is 4.79 Å². The highest BCUT2D eigenvalue weighted by Crippen LogP contribution is 2.25. The van der Waals surface area contributed by atoms with Crippen LogP contribution < -0.4 is 5.32 Å². The van der Waals surface area contributed by atoms with Crippen molar-refractivity contribution >= 4 is 33.6 Å². The van der Waals surface area contributed by atoms with E-state index in [1.54, 1.807) is 0 Å². The lowest BCUT2D eigenvalue weighted by molar-refractivity contribution is -0.119. The molecule has 0 aliphatic heterocycles. The van der Waals surface area contributed by atoms with E-state index in [2.05, 4.69) is 38.4 Å². The molecule has 7 heteroatoms. The molecule has 1 heterocycles. The Morgan fingerprint density at radius 3 is 2.72 bits per heavy atom. The minimum Gasteiger partial charge on any atom is -0.352 e. The fourth-order valence-electron chi connectivity index (χ4n) is 3.20. The summed E-state index contributed by atoms with van der Waals surface area (Å²) in [6.07, 6.45) is 4.79. The molecule has 1 saturated carbocycles. The fraction of sp³-hybridized carbons (Fsp3) is 0.500. The zero-order valence-corrected chi connectivity index (χ0v) is 16.9. The van der Waals surface area contributed by atoms with Crippen LogP contribution >= 0.6 is 27.7 Å². The molecule has 2 aromatic rings. The number of aromatic nitrogens is 3. The molecule has 0 saturated heterocycles. The van der Waals surface area contributed by atoms with Crippen LogP contribution in [0.2, 0.25) is 0 Å². The van der Waals surface area contributed by atoms with E-state index in [0.717, 1.165) is 27.4 Å². The first kappa shape index (κ1) is 18.5. The van der Waals surface area contributed by atoms with E-state index in [1.165, 1.54) is 31.0 Å². The summed E-state index contributed by atoms with van der Waals surface area (Å²) in [5.74, 6) is 1.82. The third-order valence-corrected chi connectivity index (χ3v) is 6.28. The van der Waals surface area contributed by atoms with Gasteiger partial charge in [0.15, 0.2) is 11.0 Å². The van der Waals surface area contributed by atoms with Gasteiger partial charge in [0.2, 0.25) is 5.91 Å².